The third-order valence-corrected chi connectivity index (χ3v) is 3.79. The molecule has 5 nitrogen and oxygen atoms in total. The van der Waals surface area contributed by atoms with Gasteiger partial charge in [-0.05, 0) is 32.1 Å². The van der Waals surface area contributed by atoms with E-state index < -0.39 is 0 Å². The van der Waals surface area contributed by atoms with Crippen LogP contribution < -0.4 is 10.9 Å². The maximum atomic E-state index is 11.6. The van der Waals surface area contributed by atoms with E-state index in [1.165, 1.54) is 0 Å². The van der Waals surface area contributed by atoms with Gasteiger partial charge in [0, 0.05) is 25.1 Å². The minimum atomic E-state index is -0.0595. The van der Waals surface area contributed by atoms with Crippen molar-refractivity contribution in [3.05, 3.63) is 22.2 Å². The van der Waals surface area contributed by atoms with E-state index in [1.54, 1.807) is 13.2 Å². The van der Waals surface area contributed by atoms with Gasteiger partial charge in [-0.3, -0.25) is 4.79 Å². The summed E-state index contributed by atoms with van der Waals surface area (Å²) in [6.07, 6.45) is 5.76. The van der Waals surface area contributed by atoms with Crippen molar-refractivity contribution in [3.8, 4) is 0 Å². The molecule has 5 heteroatoms. The molecule has 2 N–H and O–H groups in total. The molecule has 2 unspecified atom stereocenters. The molecular formula is C13H19N3O2. The van der Waals surface area contributed by atoms with E-state index in [0.29, 0.717) is 23.9 Å². The van der Waals surface area contributed by atoms with E-state index in [1.807, 2.05) is 0 Å². The van der Waals surface area contributed by atoms with Crippen molar-refractivity contribution >= 4 is 5.82 Å². The van der Waals surface area contributed by atoms with Crippen molar-refractivity contribution < 1.29 is 4.74 Å². The molecule has 0 aliphatic heterocycles. The first-order valence-electron chi connectivity index (χ1n) is 6.65. The monoisotopic (exact) mass is 249 g/mol. The summed E-state index contributed by atoms with van der Waals surface area (Å²) in [4.78, 5) is 18.9. The van der Waals surface area contributed by atoms with Crippen LogP contribution in [0.15, 0.2) is 10.9 Å². The highest BCUT2D eigenvalue weighted by atomic mass is 16.5. The fourth-order valence-corrected chi connectivity index (χ4v) is 2.59. The molecule has 0 saturated heterocycles. The fraction of sp³-hybridized carbons (Fsp3) is 0.692. The molecule has 18 heavy (non-hydrogen) atoms. The molecule has 2 atom stereocenters. The summed E-state index contributed by atoms with van der Waals surface area (Å²) in [6, 6.07) is 1.92. The van der Waals surface area contributed by atoms with Crippen LogP contribution in [-0.2, 0) is 4.74 Å². The van der Waals surface area contributed by atoms with Gasteiger partial charge in [0.25, 0.3) is 5.56 Å². The van der Waals surface area contributed by atoms with Gasteiger partial charge in [-0.2, -0.15) is 0 Å². The molecule has 0 spiro atoms. The van der Waals surface area contributed by atoms with Crippen LogP contribution in [0.4, 0.5) is 5.82 Å². The lowest BCUT2D eigenvalue weighted by Gasteiger charge is -2.13. The average Bonchev–Trinajstić information content (AvgIpc) is 3.10. The highest BCUT2D eigenvalue weighted by molar-refractivity contribution is 5.35. The summed E-state index contributed by atoms with van der Waals surface area (Å²) >= 11 is 0. The van der Waals surface area contributed by atoms with Gasteiger partial charge in [-0.1, -0.05) is 0 Å². The van der Waals surface area contributed by atoms with E-state index in [9.17, 15) is 4.79 Å². The third kappa shape index (κ3) is 2.56. The quantitative estimate of drug-likeness (QED) is 0.851. The molecule has 2 aliphatic rings. The number of aromatic amines is 1. The van der Waals surface area contributed by atoms with Crippen molar-refractivity contribution in [2.75, 3.05) is 12.4 Å². The van der Waals surface area contributed by atoms with Gasteiger partial charge in [-0.15, -0.1) is 0 Å². The highest BCUT2D eigenvalue weighted by Crippen LogP contribution is 2.37. The van der Waals surface area contributed by atoms with Crippen molar-refractivity contribution in [2.45, 2.75) is 50.2 Å². The minimum Gasteiger partial charge on any atom is -0.381 e. The summed E-state index contributed by atoms with van der Waals surface area (Å²) in [5.74, 6) is 2.02. The van der Waals surface area contributed by atoms with E-state index in [0.717, 1.165) is 37.9 Å². The highest BCUT2D eigenvalue weighted by Gasteiger charge is 2.28. The van der Waals surface area contributed by atoms with Crippen LogP contribution in [0.1, 0.15) is 43.8 Å². The number of nitrogens with zero attached hydrogens (tertiary/aromatic N) is 1. The summed E-state index contributed by atoms with van der Waals surface area (Å²) in [5, 5.41) is 3.36. The van der Waals surface area contributed by atoms with Crippen molar-refractivity contribution in [2.24, 2.45) is 0 Å². The van der Waals surface area contributed by atoms with Gasteiger partial charge in [-0.25, -0.2) is 4.98 Å². The molecule has 1 heterocycles. The second kappa shape index (κ2) is 4.72. The zero-order chi connectivity index (χ0) is 12.5. The first-order chi connectivity index (χ1) is 8.74. The predicted molar refractivity (Wildman–Crippen MR) is 68.9 cm³/mol. The maximum absolute atomic E-state index is 11.6. The molecule has 0 amide bonds. The Morgan fingerprint density at radius 2 is 2.22 bits per heavy atom. The molecule has 1 aromatic heterocycles. The molecule has 0 radical (unpaired) electrons. The Labute approximate surface area is 106 Å². The maximum Gasteiger partial charge on any atom is 0.252 e. The average molecular weight is 249 g/mol. The zero-order valence-electron chi connectivity index (χ0n) is 10.6. The van der Waals surface area contributed by atoms with E-state index >= 15 is 0 Å². The second-order valence-corrected chi connectivity index (χ2v) is 5.30. The molecule has 0 bridgehead atoms. The zero-order valence-corrected chi connectivity index (χ0v) is 10.6. The van der Waals surface area contributed by atoms with Crippen LogP contribution in [0.3, 0.4) is 0 Å². The van der Waals surface area contributed by atoms with Gasteiger partial charge in [0.2, 0.25) is 0 Å². The van der Waals surface area contributed by atoms with Gasteiger partial charge in [0.15, 0.2) is 0 Å². The fourth-order valence-electron chi connectivity index (χ4n) is 2.59. The summed E-state index contributed by atoms with van der Waals surface area (Å²) < 4.78 is 5.35. The van der Waals surface area contributed by atoms with Crippen molar-refractivity contribution in [3.63, 3.8) is 0 Å². The number of H-pyrrole nitrogens is 1. The number of hydrogen-bond donors (Lipinski definition) is 2. The minimum absolute atomic E-state index is 0.0595. The second-order valence-electron chi connectivity index (χ2n) is 5.30. The molecule has 2 aliphatic carbocycles. The number of anilines is 1. The van der Waals surface area contributed by atoms with Crippen molar-refractivity contribution in [1.29, 1.82) is 0 Å². The topological polar surface area (TPSA) is 67.0 Å². The van der Waals surface area contributed by atoms with E-state index in [2.05, 4.69) is 15.3 Å². The lowest BCUT2D eigenvalue weighted by Crippen LogP contribution is -2.21. The smallest absolute Gasteiger partial charge is 0.252 e. The van der Waals surface area contributed by atoms with Crippen LogP contribution in [0, 0.1) is 0 Å². The summed E-state index contributed by atoms with van der Waals surface area (Å²) in [7, 11) is 1.75. The van der Waals surface area contributed by atoms with Gasteiger partial charge < -0.3 is 15.0 Å². The SMILES string of the molecule is COC1CCC(Nc2cc(=O)[nH]c(C3CC3)n2)C1. The molecule has 3 rings (SSSR count). The summed E-state index contributed by atoms with van der Waals surface area (Å²) in [6.45, 7) is 0. The largest absolute Gasteiger partial charge is 0.381 e. The Hall–Kier alpha value is -1.36. The Balaban J connectivity index is 1.70. The van der Waals surface area contributed by atoms with Crippen LogP contribution >= 0.6 is 0 Å². The van der Waals surface area contributed by atoms with Gasteiger partial charge in [0.1, 0.15) is 11.6 Å². The number of ether oxygens (including phenoxy) is 1. The van der Waals surface area contributed by atoms with Crippen LogP contribution in [0.25, 0.3) is 0 Å². The van der Waals surface area contributed by atoms with Crippen LogP contribution in [0.5, 0.6) is 0 Å². The number of aromatic nitrogens is 2. The van der Waals surface area contributed by atoms with Crippen molar-refractivity contribution in [1.82, 2.24) is 9.97 Å². The number of nitrogens with one attached hydrogen (secondary N) is 2. The van der Waals surface area contributed by atoms with Crippen LogP contribution in [0.2, 0.25) is 0 Å². The first-order valence-corrected chi connectivity index (χ1v) is 6.65. The third-order valence-electron chi connectivity index (χ3n) is 3.79. The number of methoxy groups -OCH3 is 1. The molecule has 98 valence electrons. The Morgan fingerprint density at radius 1 is 1.39 bits per heavy atom. The predicted octanol–water partition coefficient (Wildman–Crippen LogP) is 1.63. The molecular weight excluding hydrogens is 230 g/mol. The number of rotatable bonds is 4. The summed E-state index contributed by atoms with van der Waals surface area (Å²) in [5.41, 5.74) is -0.0595. The molecule has 2 saturated carbocycles. The Morgan fingerprint density at radius 3 is 2.89 bits per heavy atom. The van der Waals surface area contributed by atoms with Gasteiger partial charge in [0.05, 0.1) is 6.10 Å². The first kappa shape index (κ1) is 11.7. The lowest BCUT2D eigenvalue weighted by molar-refractivity contribution is 0.108. The lowest BCUT2D eigenvalue weighted by atomic mass is 10.2. The Kier molecular flexibility index (Phi) is 3.07. The molecule has 0 aromatic carbocycles. The standard InChI is InChI=1S/C13H19N3O2/c1-18-10-5-4-9(6-10)14-11-7-12(17)16-13(15-11)8-2-3-8/h7-10H,2-6H2,1H3,(H2,14,15,16,17). The normalized spacial score (nSPS) is 27.4. The molecule has 2 fully saturated rings. The molecule has 1 aromatic rings. The number of hydrogen-bond acceptors (Lipinski definition) is 4. The Bertz CT molecular complexity index is 481. The van der Waals surface area contributed by atoms with Crippen LogP contribution in [-0.4, -0.2) is 29.2 Å². The van der Waals surface area contributed by atoms with E-state index in [4.69, 9.17) is 4.74 Å². The van der Waals surface area contributed by atoms with Gasteiger partial charge >= 0.3 is 0 Å². The van der Waals surface area contributed by atoms with E-state index in [-0.39, 0.29) is 5.56 Å².